The fourth-order valence-electron chi connectivity index (χ4n) is 3.72. The molecular weight excluding hydrogens is 266 g/mol. The Balaban J connectivity index is 1.65. The molecule has 1 aromatic carbocycles. The number of likely N-dealkylation sites (tertiary alicyclic amines) is 1. The quantitative estimate of drug-likeness (QED) is 0.855. The summed E-state index contributed by atoms with van der Waals surface area (Å²) in [6.07, 6.45) is 4.38. The van der Waals surface area contributed by atoms with Crippen molar-refractivity contribution in [3.8, 4) is 11.5 Å². The van der Waals surface area contributed by atoms with E-state index < -0.39 is 0 Å². The molecule has 0 radical (unpaired) electrons. The van der Waals surface area contributed by atoms with Gasteiger partial charge in [0.25, 0.3) is 0 Å². The molecule has 1 aromatic rings. The van der Waals surface area contributed by atoms with E-state index in [9.17, 15) is 4.79 Å². The van der Waals surface area contributed by atoms with Crippen molar-refractivity contribution in [3.63, 3.8) is 0 Å². The number of amides is 1. The molecule has 2 atom stereocenters. The Hall–Kier alpha value is -1.71. The van der Waals surface area contributed by atoms with Crippen LogP contribution in [-0.4, -0.2) is 38.1 Å². The summed E-state index contributed by atoms with van der Waals surface area (Å²) in [6.45, 7) is 1.91. The summed E-state index contributed by atoms with van der Waals surface area (Å²) < 4.78 is 10.5. The van der Waals surface area contributed by atoms with Crippen LogP contribution in [0.4, 0.5) is 0 Å². The lowest BCUT2D eigenvalue weighted by atomic mass is 10.0. The molecule has 0 bridgehead atoms. The Morgan fingerprint density at radius 1 is 1.14 bits per heavy atom. The highest BCUT2D eigenvalue weighted by molar-refractivity contribution is 5.79. The predicted octanol–water partition coefficient (Wildman–Crippen LogP) is 2.50. The molecule has 2 unspecified atom stereocenters. The van der Waals surface area contributed by atoms with E-state index in [-0.39, 0.29) is 5.91 Å². The van der Waals surface area contributed by atoms with E-state index >= 15 is 0 Å². The number of hydrogen-bond acceptors (Lipinski definition) is 3. The Morgan fingerprint density at radius 2 is 1.81 bits per heavy atom. The molecule has 0 spiro atoms. The molecule has 114 valence electrons. The van der Waals surface area contributed by atoms with Gasteiger partial charge in [-0.2, -0.15) is 0 Å². The number of hydrogen-bond donors (Lipinski definition) is 0. The van der Waals surface area contributed by atoms with E-state index in [0.29, 0.717) is 17.9 Å². The van der Waals surface area contributed by atoms with Gasteiger partial charge in [0.15, 0.2) is 11.5 Å². The van der Waals surface area contributed by atoms with Crippen LogP contribution in [0.15, 0.2) is 18.2 Å². The Morgan fingerprint density at radius 3 is 2.43 bits per heavy atom. The maximum atomic E-state index is 12.5. The van der Waals surface area contributed by atoms with Crippen LogP contribution in [0.5, 0.6) is 11.5 Å². The van der Waals surface area contributed by atoms with Crippen molar-refractivity contribution in [2.75, 3.05) is 27.3 Å². The van der Waals surface area contributed by atoms with Gasteiger partial charge in [0, 0.05) is 13.1 Å². The lowest BCUT2D eigenvalue weighted by Gasteiger charge is -2.18. The minimum atomic E-state index is 0.233. The van der Waals surface area contributed by atoms with Crippen molar-refractivity contribution in [1.29, 1.82) is 0 Å². The van der Waals surface area contributed by atoms with E-state index in [0.717, 1.165) is 30.5 Å². The van der Waals surface area contributed by atoms with Gasteiger partial charge in [-0.1, -0.05) is 12.5 Å². The van der Waals surface area contributed by atoms with Crippen LogP contribution in [0, 0.1) is 11.8 Å². The number of ether oxygens (including phenoxy) is 2. The summed E-state index contributed by atoms with van der Waals surface area (Å²) >= 11 is 0. The van der Waals surface area contributed by atoms with Crippen molar-refractivity contribution < 1.29 is 14.3 Å². The third kappa shape index (κ3) is 2.85. The maximum absolute atomic E-state index is 12.5. The average Bonchev–Trinajstić information content (AvgIpc) is 3.08. The molecule has 1 aliphatic carbocycles. The number of fused-ring (bicyclic) bond motifs is 1. The van der Waals surface area contributed by atoms with Crippen LogP contribution in [0.2, 0.25) is 0 Å². The molecule has 1 saturated carbocycles. The second kappa shape index (κ2) is 5.96. The number of carbonyl (C=O) groups excluding carboxylic acids is 1. The van der Waals surface area contributed by atoms with Gasteiger partial charge < -0.3 is 14.4 Å². The summed E-state index contributed by atoms with van der Waals surface area (Å²) in [4.78, 5) is 14.5. The predicted molar refractivity (Wildman–Crippen MR) is 80.7 cm³/mol. The van der Waals surface area contributed by atoms with E-state index in [4.69, 9.17) is 9.47 Å². The molecule has 2 aliphatic rings. The highest BCUT2D eigenvalue weighted by atomic mass is 16.5. The average molecular weight is 289 g/mol. The van der Waals surface area contributed by atoms with E-state index in [1.165, 1.54) is 19.3 Å². The number of rotatable bonds is 4. The highest BCUT2D eigenvalue weighted by Crippen LogP contribution is 2.38. The molecule has 3 rings (SSSR count). The first-order valence-electron chi connectivity index (χ1n) is 7.70. The van der Waals surface area contributed by atoms with Crippen LogP contribution < -0.4 is 9.47 Å². The van der Waals surface area contributed by atoms with E-state index in [1.54, 1.807) is 14.2 Å². The van der Waals surface area contributed by atoms with Crippen molar-refractivity contribution in [1.82, 2.24) is 4.90 Å². The summed E-state index contributed by atoms with van der Waals surface area (Å²) in [7, 11) is 3.23. The molecule has 2 fully saturated rings. The van der Waals surface area contributed by atoms with E-state index in [2.05, 4.69) is 0 Å². The minimum Gasteiger partial charge on any atom is -0.493 e. The zero-order valence-corrected chi connectivity index (χ0v) is 12.8. The molecule has 1 aliphatic heterocycles. The number of benzene rings is 1. The Labute approximate surface area is 126 Å². The Kier molecular flexibility index (Phi) is 4.04. The third-order valence-electron chi connectivity index (χ3n) is 4.88. The SMILES string of the molecule is COc1ccc(CC(=O)N2CC3CCCC3C2)cc1OC. The normalized spacial score (nSPS) is 24.0. The van der Waals surface area contributed by atoms with Gasteiger partial charge in [0.05, 0.1) is 20.6 Å². The van der Waals surface area contributed by atoms with Gasteiger partial charge >= 0.3 is 0 Å². The first kappa shape index (κ1) is 14.2. The molecule has 0 aromatic heterocycles. The van der Waals surface area contributed by atoms with E-state index in [1.807, 2.05) is 23.1 Å². The number of nitrogens with zero attached hydrogens (tertiary/aromatic N) is 1. The number of methoxy groups -OCH3 is 2. The van der Waals surface area contributed by atoms with Crippen molar-refractivity contribution in [2.45, 2.75) is 25.7 Å². The Bertz CT molecular complexity index is 517. The zero-order valence-electron chi connectivity index (χ0n) is 12.8. The molecule has 1 saturated heterocycles. The van der Waals surface area contributed by atoms with Crippen LogP contribution in [-0.2, 0) is 11.2 Å². The van der Waals surface area contributed by atoms with Crippen molar-refractivity contribution in [3.05, 3.63) is 23.8 Å². The summed E-state index contributed by atoms with van der Waals surface area (Å²) in [5.74, 6) is 3.11. The van der Waals surface area contributed by atoms with Crippen molar-refractivity contribution in [2.24, 2.45) is 11.8 Å². The second-order valence-electron chi connectivity index (χ2n) is 6.12. The van der Waals surface area contributed by atoms with Crippen LogP contribution in [0.25, 0.3) is 0 Å². The topological polar surface area (TPSA) is 38.8 Å². The van der Waals surface area contributed by atoms with Crippen LogP contribution in [0.3, 0.4) is 0 Å². The van der Waals surface area contributed by atoms with Gasteiger partial charge in [-0.3, -0.25) is 4.79 Å². The minimum absolute atomic E-state index is 0.233. The van der Waals surface area contributed by atoms with Crippen LogP contribution >= 0.6 is 0 Å². The third-order valence-corrected chi connectivity index (χ3v) is 4.88. The fraction of sp³-hybridized carbons (Fsp3) is 0.588. The van der Waals surface area contributed by atoms with Crippen LogP contribution in [0.1, 0.15) is 24.8 Å². The van der Waals surface area contributed by atoms with Gasteiger partial charge in [-0.05, 0) is 42.4 Å². The largest absolute Gasteiger partial charge is 0.493 e. The van der Waals surface area contributed by atoms with Gasteiger partial charge in [-0.25, -0.2) is 0 Å². The van der Waals surface area contributed by atoms with Gasteiger partial charge in [0.1, 0.15) is 0 Å². The smallest absolute Gasteiger partial charge is 0.227 e. The molecule has 1 amide bonds. The van der Waals surface area contributed by atoms with Gasteiger partial charge in [-0.15, -0.1) is 0 Å². The zero-order chi connectivity index (χ0) is 14.8. The summed E-state index contributed by atoms with van der Waals surface area (Å²) in [5, 5.41) is 0. The fourth-order valence-corrected chi connectivity index (χ4v) is 3.72. The standard InChI is InChI=1S/C17H23NO3/c1-20-15-7-6-12(8-16(15)21-2)9-17(19)18-10-13-4-3-5-14(13)11-18/h6-8,13-14H,3-5,9-11H2,1-2H3. The summed E-state index contributed by atoms with van der Waals surface area (Å²) in [6, 6.07) is 5.70. The maximum Gasteiger partial charge on any atom is 0.227 e. The number of carbonyl (C=O) groups is 1. The molecule has 21 heavy (non-hydrogen) atoms. The highest BCUT2D eigenvalue weighted by Gasteiger charge is 2.37. The van der Waals surface area contributed by atoms with Gasteiger partial charge in [0.2, 0.25) is 5.91 Å². The molecule has 4 nitrogen and oxygen atoms in total. The van der Waals surface area contributed by atoms with Crippen molar-refractivity contribution >= 4 is 5.91 Å². The lowest BCUT2D eigenvalue weighted by Crippen LogP contribution is -2.30. The monoisotopic (exact) mass is 289 g/mol. The molecule has 4 heteroatoms. The molecule has 0 N–H and O–H groups in total. The molecular formula is C17H23NO3. The molecule has 1 heterocycles. The first-order valence-corrected chi connectivity index (χ1v) is 7.70. The lowest BCUT2D eigenvalue weighted by molar-refractivity contribution is -0.129. The summed E-state index contributed by atoms with van der Waals surface area (Å²) in [5.41, 5.74) is 0.981. The first-order chi connectivity index (χ1) is 10.2. The second-order valence-corrected chi connectivity index (χ2v) is 6.12.